The summed E-state index contributed by atoms with van der Waals surface area (Å²) in [5.41, 5.74) is 4.41. The SMILES string of the molecule is c1ccc(-c2nccn3nc(Nc4ccc5[nH]ncc5c4)nc23)cc1. The van der Waals surface area contributed by atoms with Gasteiger partial charge in [-0.2, -0.15) is 10.1 Å². The molecule has 5 aromatic rings. The molecule has 0 unspecified atom stereocenters. The molecule has 0 fully saturated rings. The number of aromatic nitrogens is 6. The van der Waals surface area contributed by atoms with Crippen LogP contribution in [0.1, 0.15) is 0 Å². The molecule has 0 aliphatic heterocycles. The van der Waals surface area contributed by atoms with E-state index in [0.717, 1.165) is 27.8 Å². The topological polar surface area (TPSA) is 83.8 Å². The van der Waals surface area contributed by atoms with Gasteiger partial charge in [0.25, 0.3) is 0 Å². The minimum absolute atomic E-state index is 0.521. The predicted molar refractivity (Wildman–Crippen MR) is 95.6 cm³/mol. The largest absolute Gasteiger partial charge is 0.323 e. The van der Waals surface area contributed by atoms with Crippen LogP contribution in [0.4, 0.5) is 11.6 Å². The smallest absolute Gasteiger partial charge is 0.247 e. The maximum Gasteiger partial charge on any atom is 0.247 e. The molecule has 0 aliphatic carbocycles. The summed E-state index contributed by atoms with van der Waals surface area (Å²) in [6.45, 7) is 0. The van der Waals surface area contributed by atoms with Crippen molar-refractivity contribution >= 4 is 28.2 Å². The Hall–Kier alpha value is -3.74. The van der Waals surface area contributed by atoms with Crippen LogP contribution in [0.5, 0.6) is 0 Å². The van der Waals surface area contributed by atoms with Gasteiger partial charge in [0, 0.05) is 29.0 Å². The third-order valence-electron chi connectivity index (χ3n) is 4.00. The zero-order valence-electron chi connectivity index (χ0n) is 13.1. The minimum Gasteiger partial charge on any atom is -0.323 e. The van der Waals surface area contributed by atoms with Gasteiger partial charge in [-0.25, -0.2) is 4.52 Å². The summed E-state index contributed by atoms with van der Waals surface area (Å²) in [6.07, 6.45) is 5.31. The lowest BCUT2D eigenvalue weighted by molar-refractivity contribution is 0.952. The Bertz CT molecular complexity index is 1170. The van der Waals surface area contributed by atoms with Crippen LogP contribution in [-0.2, 0) is 0 Å². The van der Waals surface area contributed by atoms with Crippen LogP contribution in [0.25, 0.3) is 27.8 Å². The van der Waals surface area contributed by atoms with Gasteiger partial charge < -0.3 is 5.32 Å². The molecule has 5 rings (SSSR count). The first-order valence-corrected chi connectivity index (χ1v) is 7.84. The number of nitrogens with one attached hydrogen (secondary N) is 2. The summed E-state index contributed by atoms with van der Waals surface area (Å²) in [5.74, 6) is 0.521. The van der Waals surface area contributed by atoms with Gasteiger partial charge in [-0.05, 0) is 18.2 Å². The molecule has 25 heavy (non-hydrogen) atoms. The van der Waals surface area contributed by atoms with Crippen molar-refractivity contribution in [3.63, 3.8) is 0 Å². The minimum atomic E-state index is 0.521. The van der Waals surface area contributed by atoms with Crippen LogP contribution in [0, 0.1) is 0 Å². The molecule has 0 bridgehead atoms. The molecule has 2 N–H and O–H groups in total. The average molecular weight is 327 g/mol. The van der Waals surface area contributed by atoms with Crippen LogP contribution in [0.15, 0.2) is 67.1 Å². The molecule has 2 aromatic carbocycles. The molecule has 0 spiro atoms. The average Bonchev–Trinajstić information content (AvgIpc) is 3.27. The molecule has 7 nitrogen and oxygen atoms in total. The van der Waals surface area contributed by atoms with Gasteiger partial charge in [0.05, 0.1) is 11.7 Å². The lowest BCUT2D eigenvalue weighted by atomic mass is 10.1. The van der Waals surface area contributed by atoms with Crippen molar-refractivity contribution < 1.29 is 0 Å². The van der Waals surface area contributed by atoms with Crippen molar-refractivity contribution in [1.29, 1.82) is 0 Å². The zero-order valence-corrected chi connectivity index (χ0v) is 13.1. The van der Waals surface area contributed by atoms with Gasteiger partial charge in [-0.1, -0.05) is 30.3 Å². The van der Waals surface area contributed by atoms with Crippen LogP contribution < -0.4 is 5.32 Å². The van der Waals surface area contributed by atoms with Gasteiger partial charge in [-0.3, -0.25) is 10.1 Å². The predicted octanol–water partition coefficient (Wildman–Crippen LogP) is 3.41. The maximum atomic E-state index is 4.61. The molecule has 3 aromatic heterocycles. The van der Waals surface area contributed by atoms with E-state index in [1.807, 2.05) is 48.5 Å². The monoisotopic (exact) mass is 327 g/mol. The Morgan fingerprint density at radius 3 is 2.88 bits per heavy atom. The highest BCUT2D eigenvalue weighted by Gasteiger charge is 2.11. The number of fused-ring (bicyclic) bond motifs is 2. The second-order valence-corrected chi connectivity index (χ2v) is 5.64. The van der Waals surface area contributed by atoms with Crippen molar-refractivity contribution in [2.45, 2.75) is 0 Å². The molecule has 0 atom stereocenters. The normalized spacial score (nSPS) is 11.2. The van der Waals surface area contributed by atoms with Crippen molar-refractivity contribution in [3.8, 4) is 11.3 Å². The Kier molecular flexibility index (Phi) is 2.96. The molecule has 7 heteroatoms. The molecule has 0 radical (unpaired) electrons. The van der Waals surface area contributed by atoms with E-state index in [9.17, 15) is 0 Å². The number of H-pyrrole nitrogens is 1. The van der Waals surface area contributed by atoms with Gasteiger partial charge in [-0.15, -0.1) is 5.10 Å². The third kappa shape index (κ3) is 2.38. The van der Waals surface area contributed by atoms with Crippen molar-refractivity contribution in [1.82, 2.24) is 29.8 Å². The Morgan fingerprint density at radius 2 is 1.96 bits per heavy atom. The molecule has 0 aliphatic rings. The second kappa shape index (κ2) is 5.41. The lowest BCUT2D eigenvalue weighted by Crippen LogP contribution is -1.93. The number of hydrogen-bond donors (Lipinski definition) is 2. The number of aromatic amines is 1. The fraction of sp³-hybridized carbons (Fsp3) is 0. The summed E-state index contributed by atoms with van der Waals surface area (Å²) in [5, 5.41) is 15.7. The number of nitrogens with zero attached hydrogens (tertiary/aromatic N) is 5. The van der Waals surface area contributed by atoms with Gasteiger partial charge in [0.2, 0.25) is 5.95 Å². The second-order valence-electron chi connectivity index (χ2n) is 5.64. The highest BCUT2D eigenvalue weighted by molar-refractivity contribution is 5.82. The van der Waals surface area contributed by atoms with E-state index < -0.39 is 0 Å². The molecule has 0 amide bonds. The van der Waals surface area contributed by atoms with E-state index in [0.29, 0.717) is 11.6 Å². The van der Waals surface area contributed by atoms with E-state index in [1.54, 1.807) is 23.1 Å². The lowest BCUT2D eigenvalue weighted by Gasteiger charge is -2.01. The molecular formula is C18H13N7. The molecule has 0 saturated heterocycles. The highest BCUT2D eigenvalue weighted by atomic mass is 15.3. The van der Waals surface area contributed by atoms with E-state index in [2.05, 4.69) is 30.6 Å². The van der Waals surface area contributed by atoms with E-state index >= 15 is 0 Å². The highest BCUT2D eigenvalue weighted by Crippen LogP contribution is 2.23. The quantitative estimate of drug-likeness (QED) is 0.530. The first-order chi connectivity index (χ1) is 12.4. The fourth-order valence-corrected chi connectivity index (χ4v) is 2.82. The van der Waals surface area contributed by atoms with Crippen LogP contribution in [0.2, 0.25) is 0 Å². The Labute approximate surface area is 142 Å². The van der Waals surface area contributed by atoms with Crippen molar-refractivity contribution in [2.75, 3.05) is 5.32 Å². The third-order valence-corrected chi connectivity index (χ3v) is 4.00. The first kappa shape index (κ1) is 13.7. The Morgan fingerprint density at radius 1 is 1.04 bits per heavy atom. The number of benzene rings is 2. The number of anilines is 2. The summed E-state index contributed by atoms with van der Waals surface area (Å²) < 4.78 is 1.73. The van der Waals surface area contributed by atoms with Crippen molar-refractivity contribution in [2.24, 2.45) is 0 Å². The van der Waals surface area contributed by atoms with E-state index in [1.165, 1.54) is 0 Å². The van der Waals surface area contributed by atoms with Gasteiger partial charge in [0.1, 0.15) is 5.69 Å². The van der Waals surface area contributed by atoms with E-state index in [4.69, 9.17) is 0 Å². The van der Waals surface area contributed by atoms with Crippen LogP contribution in [0.3, 0.4) is 0 Å². The fourth-order valence-electron chi connectivity index (χ4n) is 2.82. The summed E-state index contributed by atoms with van der Waals surface area (Å²) in [7, 11) is 0. The molecular weight excluding hydrogens is 314 g/mol. The summed E-state index contributed by atoms with van der Waals surface area (Å²) >= 11 is 0. The van der Waals surface area contributed by atoms with Crippen LogP contribution >= 0.6 is 0 Å². The zero-order chi connectivity index (χ0) is 16.6. The maximum absolute atomic E-state index is 4.61. The summed E-state index contributed by atoms with van der Waals surface area (Å²) in [6, 6.07) is 15.9. The van der Waals surface area contributed by atoms with E-state index in [-0.39, 0.29) is 0 Å². The van der Waals surface area contributed by atoms with Gasteiger partial charge in [0.15, 0.2) is 5.65 Å². The molecule has 0 saturated carbocycles. The van der Waals surface area contributed by atoms with Gasteiger partial charge >= 0.3 is 0 Å². The standard InChI is InChI=1S/C18H13N7/c1-2-4-12(5-3-1)16-17-22-18(24-25(17)9-8-19-16)21-14-6-7-15-13(10-14)11-20-23-15/h1-11H,(H,20,23)(H,21,24). The molecule has 120 valence electrons. The van der Waals surface area contributed by atoms with Crippen molar-refractivity contribution in [3.05, 3.63) is 67.1 Å². The number of hydrogen-bond acceptors (Lipinski definition) is 5. The Balaban J connectivity index is 1.56. The summed E-state index contributed by atoms with van der Waals surface area (Å²) in [4.78, 5) is 9.07. The first-order valence-electron chi connectivity index (χ1n) is 7.84. The van der Waals surface area contributed by atoms with Crippen LogP contribution in [-0.4, -0.2) is 29.8 Å². The molecule has 3 heterocycles. The number of rotatable bonds is 3.